The van der Waals surface area contributed by atoms with Gasteiger partial charge in [0.15, 0.2) is 24.8 Å². The van der Waals surface area contributed by atoms with E-state index in [0.29, 0.717) is 0 Å². The lowest BCUT2D eigenvalue weighted by atomic mass is 9.96. The van der Waals surface area contributed by atoms with Crippen LogP contribution in [0.2, 0.25) is 0 Å². The van der Waals surface area contributed by atoms with Crippen molar-refractivity contribution in [1.29, 1.82) is 0 Å². The number of aliphatic hydroxyl groups is 5. The van der Waals surface area contributed by atoms with E-state index in [4.69, 9.17) is 14.2 Å². The smallest absolute Gasteiger partial charge is 0.335 e. The molecule has 0 radical (unpaired) electrons. The molecule has 0 aromatic heterocycles. The summed E-state index contributed by atoms with van der Waals surface area (Å²) in [4.78, 5) is 22.8. The Morgan fingerprint density at radius 1 is 0.786 bits per heavy atom. The van der Waals surface area contributed by atoms with E-state index >= 15 is 0 Å². The van der Waals surface area contributed by atoms with Crippen LogP contribution in [0.3, 0.4) is 0 Å². The van der Waals surface area contributed by atoms with Gasteiger partial charge in [0.05, 0.1) is 6.10 Å². The maximum absolute atomic E-state index is 11.5. The van der Waals surface area contributed by atoms with Crippen LogP contribution in [0.15, 0.2) is 0 Å². The Bertz CT molecular complexity index is 568. The van der Waals surface area contributed by atoms with Gasteiger partial charge in [0.2, 0.25) is 0 Å². The van der Waals surface area contributed by atoms with Crippen LogP contribution >= 0.6 is 0 Å². The van der Waals surface area contributed by atoms with Crippen molar-refractivity contribution < 1.29 is 64.3 Å². The SMILES string of the molecule is CC(C)O[C@@H]1C(C(=O)O)O[C@@H](O[C@@H]2C(C(=O)O)O[C@@H](O)C(O)[C@H]2O)C(O)[C@H]1O. The minimum Gasteiger partial charge on any atom is -0.479 e. The fourth-order valence-electron chi connectivity index (χ4n) is 2.97. The van der Waals surface area contributed by atoms with Gasteiger partial charge in [-0.15, -0.1) is 0 Å². The topological polar surface area (TPSA) is 213 Å². The summed E-state index contributed by atoms with van der Waals surface area (Å²) < 4.78 is 20.3. The standard InChI is InChI=1S/C15H24O13/c1-3(2)25-8-5(17)7(19)15(28-11(8)13(22)23)27-9-4(16)6(18)14(24)26-10(9)12(20)21/h3-11,14-19,24H,1-2H3,(H,20,21)(H,22,23)/t4-,5-,6?,7?,8+,9+,10?,11?,14-,15-/m1/s1. The summed E-state index contributed by atoms with van der Waals surface area (Å²) in [6.45, 7) is 3.14. The Balaban J connectivity index is 2.23. The first-order valence-electron chi connectivity index (χ1n) is 8.43. The van der Waals surface area contributed by atoms with Crippen molar-refractivity contribution in [2.75, 3.05) is 0 Å². The number of carboxylic acid groups (broad SMARTS) is 2. The van der Waals surface area contributed by atoms with Crippen LogP contribution < -0.4 is 0 Å². The van der Waals surface area contributed by atoms with E-state index in [9.17, 15) is 45.3 Å². The summed E-state index contributed by atoms with van der Waals surface area (Å²) in [5.74, 6) is -3.22. The summed E-state index contributed by atoms with van der Waals surface area (Å²) in [7, 11) is 0. The lowest BCUT2D eigenvalue weighted by Gasteiger charge is -2.45. The molecule has 0 saturated carbocycles. The monoisotopic (exact) mass is 412 g/mol. The van der Waals surface area contributed by atoms with Gasteiger partial charge in [-0.1, -0.05) is 0 Å². The molecule has 162 valence electrons. The van der Waals surface area contributed by atoms with E-state index in [1.807, 2.05) is 0 Å². The molecule has 7 N–H and O–H groups in total. The first kappa shape index (κ1) is 22.9. The van der Waals surface area contributed by atoms with Crippen LogP contribution in [0.5, 0.6) is 0 Å². The summed E-state index contributed by atoms with van der Waals surface area (Å²) in [6.07, 6.45) is -19.1. The molecule has 0 aromatic rings. The lowest BCUT2D eigenvalue weighted by Crippen LogP contribution is -2.66. The Morgan fingerprint density at radius 2 is 1.29 bits per heavy atom. The second-order valence-corrected chi connectivity index (χ2v) is 6.76. The van der Waals surface area contributed by atoms with Gasteiger partial charge in [-0.05, 0) is 13.8 Å². The van der Waals surface area contributed by atoms with Gasteiger partial charge in [0.1, 0.15) is 36.6 Å². The normalized spacial score (nSPS) is 44.4. The van der Waals surface area contributed by atoms with Gasteiger partial charge in [0.25, 0.3) is 0 Å². The number of ether oxygens (including phenoxy) is 4. The van der Waals surface area contributed by atoms with Crippen molar-refractivity contribution in [2.24, 2.45) is 0 Å². The van der Waals surface area contributed by atoms with E-state index < -0.39 is 79.5 Å². The highest BCUT2D eigenvalue weighted by Crippen LogP contribution is 2.30. The number of carbonyl (C=O) groups is 2. The van der Waals surface area contributed by atoms with Crippen LogP contribution in [0.1, 0.15) is 13.8 Å². The predicted molar refractivity (Wildman–Crippen MR) is 83.7 cm³/mol. The Kier molecular flexibility index (Phi) is 7.30. The maximum atomic E-state index is 11.5. The Labute approximate surface area is 158 Å². The number of rotatable bonds is 6. The number of hydrogen-bond acceptors (Lipinski definition) is 11. The van der Waals surface area contributed by atoms with E-state index in [-0.39, 0.29) is 0 Å². The largest absolute Gasteiger partial charge is 0.479 e. The first-order valence-corrected chi connectivity index (χ1v) is 8.43. The molecule has 2 aliphatic rings. The molecule has 13 nitrogen and oxygen atoms in total. The molecule has 10 atom stereocenters. The van der Waals surface area contributed by atoms with E-state index in [2.05, 4.69) is 4.74 Å². The molecule has 2 saturated heterocycles. The molecule has 0 spiro atoms. The molecule has 0 aromatic carbocycles. The second kappa shape index (κ2) is 8.94. The van der Waals surface area contributed by atoms with Gasteiger partial charge in [-0.3, -0.25) is 0 Å². The van der Waals surface area contributed by atoms with Gasteiger partial charge >= 0.3 is 11.9 Å². The fourth-order valence-corrected chi connectivity index (χ4v) is 2.97. The highest BCUT2D eigenvalue weighted by Gasteiger charge is 2.54. The minimum absolute atomic E-state index is 0.517. The molecule has 0 amide bonds. The van der Waals surface area contributed by atoms with Crippen molar-refractivity contribution in [3.63, 3.8) is 0 Å². The average Bonchev–Trinajstić information content (AvgIpc) is 2.60. The van der Waals surface area contributed by atoms with E-state index in [1.54, 1.807) is 13.8 Å². The highest BCUT2D eigenvalue weighted by atomic mass is 16.7. The third kappa shape index (κ3) is 4.59. The predicted octanol–water partition coefficient (Wildman–Crippen LogP) is -3.78. The number of hydrogen-bond donors (Lipinski definition) is 7. The van der Waals surface area contributed by atoms with E-state index in [0.717, 1.165) is 0 Å². The van der Waals surface area contributed by atoms with Crippen molar-refractivity contribution in [1.82, 2.24) is 0 Å². The van der Waals surface area contributed by atoms with Crippen LogP contribution in [0.25, 0.3) is 0 Å². The van der Waals surface area contributed by atoms with Crippen molar-refractivity contribution in [2.45, 2.75) is 81.4 Å². The minimum atomic E-state index is -2.02. The van der Waals surface area contributed by atoms with Gasteiger partial charge in [-0.2, -0.15) is 0 Å². The summed E-state index contributed by atoms with van der Waals surface area (Å²) in [6, 6.07) is 0. The van der Waals surface area contributed by atoms with Crippen LogP contribution in [-0.4, -0.2) is 115 Å². The molecule has 28 heavy (non-hydrogen) atoms. The average molecular weight is 412 g/mol. The first-order chi connectivity index (χ1) is 13.0. The Morgan fingerprint density at radius 3 is 1.79 bits per heavy atom. The van der Waals surface area contributed by atoms with Crippen molar-refractivity contribution in [3.8, 4) is 0 Å². The van der Waals surface area contributed by atoms with Gasteiger partial charge in [-0.25, -0.2) is 9.59 Å². The van der Waals surface area contributed by atoms with Gasteiger partial charge in [0, 0.05) is 0 Å². The van der Waals surface area contributed by atoms with Crippen molar-refractivity contribution >= 4 is 11.9 Å². The second-order valence-electron chi connectivity index (χ2n) is 6.76. The summed E-state index contributed by atoms with van der Waals surface area (Å²) >= 11 is 0. The third-order valence-electron chi connectivity index (χ3n) is 4.31. The lowest BCUT2D eigenvalue weighted by molar-refractivity contribution is -0.349. The quantitative estimate of drug-likeness (QED) is 0.223. The number of aliphatic carboxylic acids is 2. The summed E-state index contributed by atoms with van der Waals surface area (Å²) in [5, 5.41) is 68.1. The van der Waals surface area contributed by atoms with Crippen LogP contribution in [0.4, 0.5) is 0 Å². The molecular weight excluding hydrogens is 388 g/mol. The zero-order valence-corrected chi connectivity index (χ0v) is 14.9. The molecule has 2 heterocycles. The fraction of sp³-hybridized carbons (Fsp3) is 0.867. The molecular formula is C15H24O13. The van der Waals surface area contributed by atoms with Crippen molar-refractivity contribution in [3.05, 3.63) is 0 Å². The van der Waals surface area contributed by atoms with Gasteiger partial charge < -0.3 is 54.7 Å². The Hall–Kier alpha value is -1.42. The zero-order valence-electron chi connectivity index (χ0n) is 14.9. The number of aliphatic hydroxyl groups excluding tert-OH is 5. The maximum Gasteiger partial charge on any atom is 0.335 e. The van der Waals surface area contributed by atoms with E-state index in [1.165, 1.54) is 0 Å². The zero-order chi connectivity index (χ0) is 21.3. The molecule has 13 heteroatoms. The molecule has 2 fully saturated rings. The third-order valence-corrected chi connectivity index (χ3v) is 4.31. The molecule has 0 bridgehead atoms. The van der Waals surface area contributed by atoms with Crippen LogP contribution in [-0.2, 0) is 28.5 Å². The number of carboxylic acids is 2. The molecule has 2 rings (SSSR count). The van der Waals surface area contributed by atoms with Crippen LogP contribution in [0, 0.1) is 0 Å². The molecule has 2 aliphatic heterocycles. The summed E-state index contributed by atoms with van der Waals surface area (Å²) in [5.41, 5.74) is 0. The molecule has 0 aliphatic carbocycles. The molecule has 4 unspecified atom stereocenters. The highest BCUT2D eigenvalue weighted by molar-refractivity contribution is 5.74.